The average Bonchev–Trinajstić information content (AvgIpc) is 3.24. The van der Waals surface area contributed by atoms with Crippen LogP contribution in [0.2, 0.25) is 0 Å². The summed E-state index contributed by atoms with van der Waals surface area (Å²) < 4.78 is 0. The second-order valence-electron chi connectivity index (χ2n) is 6.99. The second kappa shape index (κ2) is 6.65. The molecule has 0 unspecified atom stereocenters. The number of likely N-dealkylation sites (tertiary alicyclic amines) is 1. The number of hydrogen-bond donors (Lipinski definition) is 3. The molecule has 0 radical (unpaired) electrons. The van der Waals surface area contributed by atoms with Crippen molar-refractivity contribution in [3.8, 4) is 0 Å². The smallest absolute Gasteiger partial charge is 0.220 e. The van der Waals surface area contributed by atoms with Gasteiger partial charge in [0.1, 0.15) is 0 Å². The molecule has 1 atom stereocenters. The van der Waals surface area contributed by atoms with Gasteiger partial charge in [0.05, 0.1) is 18.0 Å². The molecular weight excluding hydrogens is 330 g/mol. The zero-order valence-corrected chi connectivity index (χ0v) is 15.2. The maximum absolute atomic E-state index is 11.5. The third-order valence-electron chi connectivity index (χ3n) is 5.50. The first-order valence-corrected chi connectivity index (χ1v) is 9.77. The molecule has 5 heteroatoms. The topological polar surface area (TPSA) is 63.3 Å². The molecule has 0 aliphatic carbocycles. The number of amides is 1. The molecule has 2 aromatic heterocycles. The van der Waals surface area contributed by atoms with Crippen molar-refractivity contribution >= 4 is 28.1 Å². The molecule has 0 spiro atoms. The first kappa shape index (κ1) is 16.4. The predicted molar refractivity (Wildman–Crippen MR) is 102 cm³/mol. The summed E-state index contributed by atoms with van der Waals surface area (Å²) in [6.07, 6.45) is 1.77. The number of rotatable bonds is 4. The van der Waals surface area contributed by atoms with Crippen LogP contribution in [-0.4, -0.2) is 24.0 Å². The fraction of sp³-hybridized carbons (Fsp3) is 0.350. The highest BCUT2D eigenvalue weighted by Crippen LogP contribution is 2.32. The number of benzene rings is 1. The van der Waals surface area contributed by atoms with Gasteiger partial charge in [0.25, 0.3) is 0 Å². The molecule has 0 saturated carbocycles. The van der Waals surface area contributed by atoms with Crippen LogP contribution in [0.3, 0.4) is 0 Å². The molecule has 1 fully saturated rings. The number of primary amides is 1. The molecule has 130 valence electrons. The van der Waals surface area contributed by atoms with E-state index < -0.39 is 0 Å². The van der Waals surface area contributed by atoms with E-state index in [-0.39, 0.29) is 11.8 Å². The molecular formula is C20H24N3OS+. The number of nitrogens with two attached hydrogens (primary N) is 1. The van der Waals surface area contributed by atoms with Gasteiger partial charge in [0.2, 0.25) is 5.91 Å². The van der Waals surface area contributed by atoms with Gasteiger partial charge in [-0.1, -0.05) is 24.3 Å². The second-order valence-corrected chi connectivity index (χ2v) is 7.97. The molecule has 3 aromatic rings. The third-order valence-corrected chi connectivity index (χ3v) is 6.44. The monoisotopic (exact) mass is 354 g/mol. The maximum Gasteiger partial charge on any atom is 0.220 e. The van der Waals surface area contributed by atoms with Crippen molar-refractivity contribution in [2.24, 2.45) is 11.7 Å². The highest BCUT2D eigenvalue weighted by atomic mass is 32.1. The first-order chi connectivity index (χ1) is 12.1. The van der Waals surface area contributed by atoms with Crippen LogP contribution in [0.25, 0.3) is 10.9 Å². The van der Waals surface area contributed by atoms with Crippen LogP contribution in [0.1, 0.15) is 35.0 Å². The van der Waals surface area contributed by atoms with Gasteiger partial charge in [-0.3, -0.25) is 4.79 Å². The summed E-state index contributed by atoms with van der Waals surface area (Å²) >= 11 is 1.82. The average molecular weight is 354 g/mol. The van der Waals surface area contributed by atoms with E-state index in [2.05, 4.69) is 53.7 Å². The molecule has 1 aliphatic rings. The first-order valence-electron chi connectivity index (χ1n) is 8.89. The zero-order chi connectivity index (χ0) is 17.4. The number of aromatic amines is 1. The predicted octanol–water partition coefficient (Wildman–Crippen LogP) is 2.41. The highest BCUT2D eigenvalue weighted by molar-refractivity contribution is 7.10. The van der Waals surface area contributed by atoms with Crippen LogP contribution in [0.4, 0.5) is 0 Å². The quantitative estimate of drug-likeness (QED) is 0.662. The summed E-state index contributed by atoms with van der Waals surface area (Å²) in [5.41, 5.74) is 9.36. The summed E-state index contributed by atoms with van der Waals surface area (Å²) in [4.78, 5) is 18.0. The Labute approximate surface area is 151 Å². The van der Waals surface area contributed by atoms with Crippen LogP contribution in [0.15, 0.2) is 41.8 Å². The Bertz CT molecular complexity index is 876. The highest BCUT2D eigenvalue weighted by Gasteiger charge is 2.35. The number of fused-ring (bicyclic) bond motifs is 1. The number of hydrogen-bond acceptors (Lipinski definition) is 2. The van der Waals surface area contributed by atoms with E-state index in [9.17, 15) is 4.79 Å². The molecule has 4 nitrogen and oxygen atoms in total. The Morgan fingerprint density at radius 2 is 2.00 bits per heavy atom. The number of carbonyl (C=O) groups excluding carboxylic acids is 1. The summed E-state index contributed by atoms with van der Waals surface area (Å²) in [5, 5.41) is 3.46. The molecule has 0 bridgehead atoms. The summed E-state index contributed by atoms with van der Waals surface area (Å²) in [6.45, 7) is 4.13. The van der Waals surface area contributed by atoms with Crippen molar-refractivity contribution in [1.82, 2.24) is 4.98 Å². The SMILES string of the molecule is Cc1[nH]c2ccccc2c1[C@H](c1cccs1)[NH+]1CCC(C(N)=O)CC1. The number of aryl methyl sites for hydroxylation is 1. The van der Waals surface area contributed by atoms with Crippen molar-refractivity contribution in [2.45, 2.75) is 25.8 Å². The fourth-order valence-electron chi connectivity index (χ4n) is 4.24. The number of thiophene rings is 1. The molecule has 1 saturated heterocycles. The van der Waals surface area contributed by atoms with E-state index in [4.69, 9.17) is 5.73 Å². The normalized spacial score (nSPS) is 22.1. The van der Waals surface area contributed by atoms with Gasteiger partial charge in [0.15, 0.2) is 6.04 Å². The molecule has 1 aromatic carbocycles. The number of para-hydroxylation sites is 1. The summed E-state index contributed by atoms with van der Waals surface area (Å²) in [5.74, 6) is -0.105. The molecule has 3 heterocycles. The molecule has 25 heavy (non-hydrogen) atoms. The number of carbonyl (C=O) groups is 1. The van der Waals surface area contributed by atoms with Crippen LogP contribution < -0.4 is 10.6 Å². The Morgan fingerprint density at radius 3 is 2.68 bits per heavy atom. The Morgan fingerprint density at radius 1 is 1.24 bits per heavy atom. The number of H-pyrrole nitrogens is 1. The lowest BCUT2D eigenvalue weighted by molar-refractivity contribution is -0.930. The van der Waals surface area contributed by atoms with Crippen molar-refractivity contribution < 1.29 is 9.69 Å². The van der Waals surface area contributed by atoms with Crippen molar-refractivity contribution in [3.05, 3.63) is 57.9 Å². The van der Waals surface area contributed by atoms with Gasteiger partial charge < -0.3 is 15.6 Å². The lowest BCUT2D eigenvalue weighted by atomic mass is 9.92. The van der Waals surface area contributed by atoms with Crippen molar-refractivity contribution in [3.63, 3.8) is 0 Å². The van der Waals surface area contributed by atoms with Crippen molar-refractivity contribution in [2.75, 3.05) is 13.1 Å². The zero-order valence-electron chi connectivity index (χ0n) is 14.4. The van der Waals surface area contributed by atoms with Gasteiger partial charge in [-0.15, -0.1) is 11.3 Å². The Balaban J connectivity index is 1.75. The minimum Gasteiger partial charge on any atom is -0.369 e. The number of quaternary nitrogens is 1. The maximum atomic E-state index is 11.5. The van der Waals surface area contributed by atoms with Crippen LogP contribution in [-0.2, 0) is 4.79 Å². The molecule has 1 aliphatic heterocycles. The molecule has 4 N–H and O–H groups in total. The third kappa shape index (κ3) is 2.98. The van der Waals surface area contributed by atoms with Crippen LogP contribution in [0, 0.1) is 12.8 Å². The van der Waals surface area contributed by atoms with E-state index in [1.807, 2.05) is 11.3 Å². The minimum atomic E-state index is -0.144. The summed E-state index contributed by atoms with van der Waals surface area (Å²) in [6, 6.07) is 13.2. The lowest BCUT2D eigenvalue weighted by Crippen LogP contribution is -3.13. The van der Waals surface area contributed by atoms with Crippen LogP contribution in [0.5, 0.6) is 0 Å². The van der Waals surface area contributed by atoms with Gasteiger partial charge in [-0.05, 0) is 24.4 Å². The van der Waals surface area contributed by atoms with Gasteiger partial charge in [-0.2, -0.15) is 0 Å². The standard InChI is InChI=1S/C20H23N3OS/c1-13-18(15-5-2-3-6-16(15)22-13)19(17-7-4-12-25-17)23-10-8-14(9-11-23)20(21)24/h2-7,12,14,19,22H,8-11H2,1H3,(H2,21,24)/p+1/t19-/m0/s1. The van der Waals surface area contributed by atoms with E-state index in [0.29, 0.717) is 6.04 Å². The van der Waals surface area contributed by atoms with Crippen molar-refractivity contribution in [1.29, 1.82) is 0 Å². The van der Waals surface area contributed by atoms with Crippen LogP contribution >= 0.6 is 11.3 Å². The summed E-state index contributed by atoms with van der Waals surface area (Å²) in [7, 11) is 0. The molecule has 1 amide bonds. The number of aromatic nitrogens is 1. The number of piperidine rings is 1. The Hall–Kier alpha value is -2.11. The van der Waals surface area contributed by atoms with Gasteiger partial charge >= 0.3 is 0 Å². The van der Waals surface area contributed by atoms with E-state index >= 15 is 0 Å². The lowest BCUT2D eigenvalue weighted by Gasteiger charge is -2.33. The minimum absolute atomic E-state index is 0.0387. The van der Waals surface area contributed by atoms with Gasteiger partial charge in [0, 0.05) is 40.9 Å². The largest absolute Gasteiger partial charge is 0.369 e. The fourth-order valence-corrected chi connectivity index (χ4v) is 5.13. The number of nitrogens with one attached hydrogen (secondary N) is 2. The molecule has 4 rings (SSSR count). The van der Waals surface area contributed by atoms with E-state index in [0.717, 1.165) is 25.9 Å². The van der Waals surface area contributed by atoms with E-state index in [1.54, 1.807) is 0 Å². The van der Waals surface area contributed by atoms with Gasteiger partial charge in [-0.25, -0.2) is 0 Å². The van der Waals surface area contributed by atoms with E-state index in [1.165, 1.54) is 31.9 Å². The Kier molecular flexibility index (Phi) is 4.36.